The van der Waals surface area contributed by atoms with E-state index in [0.717, 1.165) is 10.6 Å². The van der Waals surface area contributed by atoms with Gasteiger partial charge in [-0.1, -0.05) is 12.1 Å². The van der Waals surface area contributed by atoms with Crippen LogP contribution >= 0.6 is 11.8 Å². The van der Waals surface area contributed by atoms with Gasteiger partial charge in [0.15, 0.2) is 6.10 Å². The van der Waals surface area contributed by atoms with Crippen LogP contribution in [0.1, 0.15) is 23.7 Å². The molecule has 27 heavy (non-hydrogen) atoms. The molecule has 0 radical (unpaired) electrons. The number of benzene rings is 2. The minimum absolute atomic E-state index is 0.106. The maximum absolute atomic E-state index is 12.4. The van der Waals surface area contributed by atoms with E-state index in [2.05, 4.69) is 5.32 Å². The van der Waals surface area contributed by atoms with E-state index in [9.17, 15) is 14.4 Å². The molecular weight excluding hydrogens is 366 g/mol. The van der Waals surface area contributed by atoms with E-state index in [-0.39, 0.29) is 18.1 Å². The molecular formula is C20H19NO5S. The number of fused-ring (bicyclic) bond motifs is 1. The monoisotopic (exact) mass is 385 g/mol. The van der Waals surface area contributed by atoms with E-state index < -0.39 is 17.3 Å². The van der Waals surface area contributed by atoms with Gasteiger partial charge in [-0.3, -0.25) is 14.4 Å². The molecule has 1 amide bonds. The van der Waals surface area contributed by atoms with E-state index in [1.54, 1.807) is 31.4 Å². The summed E-state index contributed by atoms with van der Waals surface area (Å²) in [5, 5.41) is 2.19. The van der Waals surface area contributed by atoms with Crippen molar-refractivity contribution >= 4 is 35.1 Å². The molecule has 1 aliphatic heterocycles. The topological polar surface area (TPSA) is 81.7 Å². The third-order valence-electron chi connectivity index (χ3n) is 4.11. The minimum Gasteiger partial charge on any atom is -0.497 e. The van der Waals surface area contributed by atoms with E-state index >= 15 is 0 Å². The number of hydrogen-bond donors (Lipinski definition) is 1. The minimum atomic E-state index is -0.935. The van der Waals surface area contributed by atoms with Crippen molar-refractivity contribution in [2.45, 2.75) is 29.6 Å². The zero-order chi connectivity index (χ0) is 19.4. The predicted octanol–water partition coefficient (Wildman–Crippen LogP) is 3.31. The molecule has 0 saturated heterocycles. The molecule has 140 valence electrons. The van der Waals surface area contributed by atoms with Crippen LogP contribution in [0.25, 0.3) is 0 Å². The standard InChI is InChI=1S/C20H19NO5S/c1-12(19(23)13-7-9-14(25-2)10-8-13)26-18(22)11-17-20(24)21-15-5-3-4-6-16(15)27-17/h3-10,12,17H,11H2,1-2H3,(H,21,24)/t12-,17+/m1/s1. The fourth-order valence-corrected chi connectivity index (χ4v) is 3.76. The van der Waals surface area contributed by atoms with Gasteiger partial charge >= 0.3 is 5.97 Å². The lowest BCUT2D eigenvalue weighted by Crippen LogP contribution is -2.33. The SMILES string of the molecule is COc1ccc(C(=O)[C@@H](C)OC(=O)C[C@@H]2Sc3ccccc3NC2=O)cc1. The van der Waals surface area contributed by atoms with Crippen LogP contribution in [0.5, 0.6) is 5.75 Å². The maximum Gasteiger partial charge on any atom is 0.308 e. The highest BCUT2D eigenvalue weighted by atomic mass is 32.2. The normalized spacial score (nSPS) is 16.7. The van der Waals surface area contributed by atoms with E-state index in [1.165, 1.54) is 18.7 Å². The molecule has 2 atom stereocenters. The van der Waals surface area contributed by atoms with Crippen molar-refractivity contribution in [3.63, 3.8) is 0 Å². The van der Waals surface area contributed by atoms with Crippen LogP contribution in [0.3, 0.4) is 0 Å². The number of carbonyl (C=O) groups is 3. The van der Waals surface area contributed by atoms with Crippen LogP contribution in [0.4, 0.5) is 5.69 Å². The predicted molar refractivity (Wildman–Crippen MR) is 102 cm³/mol. The molecule has 1 aliphatic rings. The third-order valence-corrected chi connectivity index (χ3v) is 5.39. The lowest BCUT2D eigenvalue weighted by atomic mass is 10.1. The lowest BCUT2D eigenvalue weighted by molar-refractivity contribution is -0.147. The molecule has 0 bridgehead atoms. The first-order valence-electron chi connectivity index (χ1n) is 8.42. The molecule has 1 N–H and O–H groups in total. The van der Waals surface area contributed by atoms with Crippen LogP contribution in [-0.4, -0.2) is 36.1 Å². The molecule has 0 aliphatic carbocycles. The van der Waals surface area contributed by atoms with Crippen LogP contribution in [-0.2, 0) is 14.3 Å². The lowest BCUT2D eigenvalue weighted by Gasteiger charge is -2.23. The van der Waals surface area contributed by atoms with E-state index in [1.807, 2.05) is 24.3 Å². The summed E-state index contributed by atoms with van der Waals surface area (Å²) in [5.74, 6) is -0.505. The molecule has 0 spiro atoms. The number of carbonyl (C=O) groups excluding carboxylic acids is 3. The molecule has 0 fully saturated rings. The van der Waals surface area contributed by atoms with Gasteiger partial charge in [0.05, 0.1) is 24.5 Å². The Morgan fingerprint density at radius 2 is 1.85 bits per heavy atom. The van der Waals surface area contributed by atoms with Gasteiger partial charge in [0, 0.05) is 10.5 Å². The third kappa shape index (κ3) is 4.49. The number of thioether (sulfide) groups is 1. The number of rotatable bonds is 6. The van der Waals surface area contributed by atoms with E-state index in [4.69, 9.17) is 9.47 Å². The average Bonchev–Trinajstić information content (AvgIpc) is 2.68. The summed E-state index contributed by atoms with van der Waals surface area (Å²) in [7, 11) is 1.54. The van der Waals surface area contributed by atoms with Crippen molar-refractivity contribution in [3.8, 4) is 5.75 Å². The van der Waals surface area contributed by atoms with Gasteiger partial charge in [-0.25, -0.2) is 0 Å². The number of esters is 1. The van der Waals surface area contributed by atoms with Crippen molar-refractivity contribution in [2.75, 3.05) is 12.4 Å². The number of hydrogen-bond acceptors (Lipinski definition) is 6. The molecule has 2 aromatic carbocycles. The molecule has 6 nitrogen and oxygen atoms in total. The van der Waals surface area contributed by atoms with Gasteiger partial charge in [0.25, 0.3) is 0 Å². The second-order valence-corrected chi connectivity index (χ2v) is 7.27. The Labute approximate surface area is 161 Å². The van der Waals surface area contributed by atoms with Crippen LogP contribution in [0.2, 0.25) is 0 Å². The summed E-state index contributed by atoms with van der Waals surface area (Å²) < 4.78 is 10.3. The van der Waals surface area contributed by atoms with Crippen molar-refractivity contribution in [1.29, 1.82) is 0 Å². The summed E-state index contributed by atoms with van der Waals surface area (Å²) in [6.45, 7) is 1.52. The average molecular weight is 385 g/mol. The van der Waals surface area contributed by atoms with Gasteiger partial charge in [-0.15, -0.1) is 11.8 Å². The Morgan fingerprint density at radius 1 is 1.15 bits per heavy atom. The number of methoxy groups -OCH3 is 1. The molecule has 3 rings (SSSR count). The summed E-state index contributed by atoms with van der Waals surface area (Å²) >= 11 is 1.32. The van der Waals surface area contributed by atoms with E-state index in [0.29, 0.717) is 11.3 Å². The summed E-state index contributed by atoms with van der Waals surface area (Å²) in [4.78, 5) is 37.7. The van der Waals surface area contributed by atoms with Crippen molar-refractivity contribution in [1.82, 2.24) is 0 Å². The van der Waals surface area contributed by atoms with Gasteiger partial charge in [0.1, 0.15) is 5.75 Å². The molecule has 7 heteroatoms. The fourth-order valence-electron chi connectivity index (χ4n) is 2.67. The van der Waals surface area contributed by atoms with Crippen molar-refractivity contribution in [3.05, 3.63) is 54.1 Å². The molecule has 0 aromatic heterocycles. The highest BCUT2D eigenvalue weighted by Crippen LogP contribution is 2.36. The summed E-state index contributed by atoms with van der Waals surface area (Å²) in [6, 6.07) is 14.0. The Kier molecular flexibility index (Phi) is 5.81. The summed E-state index contributed by atoms with van der Waals surface area (Å²) in [6.07, 6.45) is -1.04. The molecule has 0 unspecified atom stereocenters. The van der Waals surface area contributed by atoms with Gasteiger partial charge in [0.2, 0.25) is 11.7 Å². The highest BCUT2D eigenvalue weighted by Gasteiger charge is 2.30. The Hall–Kier alpha value is -2.80. The number of amides is 1. The molecule has 2 aromatic rings. The zero-order valence-electron chi connectivity index (χ0n) is 14.9. The molecule has 1 heterocycles. The van der Waals surface area contributed by atoms with Crippen molar-refractivity contribution < 1.29 is 23.9 Å². The zero-order valence-corrected chi connectivity index (χ0v) is 15.7. The first-order chi connectivity index (χ1) is 13.0. The van der Waals surface area contributed by atoms with Gasteiger partial charge < -0.3 is 14.8 Å². The number of nitrogens with one attached hydrogen (secondary N) is 1. The number of ketones is 1. The maximum atomic E-state index is 12.4. The number of para-hydroxylation sites is 1. The Morgan fingerprint density at radius 3 is 2.56 bits per heavy atom. The first-order valence-corrected chi connectivity index (χ1v) is 9.30. The largest absolute Gasteiger partial charge is 0.497 e. The van der Waals surface area contributed by atoms with Crippen LogP contribution in [0.15, 0.2) is 53.4 Å². The Balaban J connectivity index is 1.58. The first kappa shape index (κ1) is 19.0. The second kappa shape index (κ2) is 8.26. The van der Waals surface area contributed by atoms with Crippen LogP contribution < -0.4 is 10.1 Å². The number of anilines is 1. The highest BCUT2D eigenvalue weighted by molar-refractivity contribution is 8.01. The van der Waals surface area contributed by atoms with Gasteiger partial charge in [-0.2, -0.15) is 0 Å². The number of ether oxygens (including phenoxy) is 2. The van der Waals surface area contributed by atoms with Gasteiger partial charge in [-0.05, 0) is 43.3 Å². The Bertz CT molecular complexity index is 865. The second-order valence-electron chi connectivity index (χ2n) is 6.02. The van der Waals surface area contributed by atoms with Crippen molar-refractivity contribution in [2.24, 2.45) is 0 Å². The quantitative estimate of drug-likeness (QED) is 0.607. The smallest absolute Gasteiger partial charge is 0.308 e. The number of Topliss-reactive ketones (excluding diaryl/α,β-unsaturated/α-hetero) is 1. The van der Waals surface area contributed by atoms with Crippen LogP contribution in [0, 0.1) is 0 Å². The summed E-state index contributed by atoms with van der Waals surface area (Å²) in [5.41, 5.74) is 1.16. The fraction of sp³-hybridized carbons (Fsp3) is 0.250. The molecule has 0 saturated carbocycles.